The number of rotatable bonds is 2. The van der Waals surface area contributed by atoms with Crippen LogP contribution in [0.5, 0.6) is 0 Å². The second-order valence-corrected chi connectivity index (χ2v) is 3.81. The van der Waals surface area contributed by atoms with E-state index in [1.54, 1.807) is 0 Å². The fourth-order valence-electron chi connectivity index (χ4n) is 1.15. The molecule has 0 unspecified atom stereocenters. The molecule has 1 aromatic heterocycles. The van der Waals surface area contributed by atoms with Gasteiger partial charge in [0.25, 0.3) is 0 Å². The van der Waals surface area contributed by atoms with Crippen LogP contribution in [0.4, 0.5) is 8.78 Å². The molecule has 15 heavy (non-hydrogen) atoms. The molecule has 0 aliphatic heterocycles. The van der Waals surface area contributed by atoms with Crippen molar-refractivity contribution in [2.75, 3.05) is 0 Å². The molecule has 0 saturated carbocycles. The minimum Gasteiger partial charge on any atom is -0.338 e. The first-order chi connectivity index (χ1) is 7.16. The van der Waals surface area contributed by atoms with Gasteiger partial charge in [0.05, 0.1) is 6.42 Å². The maximum atomic E-state index is 13.2. The second-order valence-electron chi connectivity index (χ2n) is 2.85. The number of aromatic nitrogens is 2. The summed E-state index contributed by atoms with van der Waals surface area (Å²) in [5.41, 5.74) is 0.204. The number of hydrogen-bond acceptors (Lipinski definition) is 3. The molecule has 0 aliphatic carbocycles. The predicted molar refractivity (Wildman–Crippen MR) is 56.2 cm³/mol. The van der Waals surface area contributed by atoms with Crippen molar-refractivity contribution in [2.24, 2.45) is 0 Å². The Bertz CT molecular complexity index is 487. The maximum absolute atomic E-state index is 13.2. The highest BCUT2D eigenvalue weighted by Gasteiger charge is 2.11. The van der Waals surface area contributed by atoms with E-state index in [0.717, 1.165) is 6.07 Å². The lowest BCUT2D eigenvalue weighted by molar-refractivity contribution is 0.379. The number of nitrogens with zero attached hydrogens (tertiary/aromatic N) is 2. The molecule has 1 heterocycles. The number of halogens is 3. The van der Waals surface area contributed by atoms with Crippen LogP contribution < -0.4 is 0 Å². The van der Waals surface area contributed by atoms with Gasteiger partial charge in [0.1, 0.15) is 0 Å². The van der Waals surface area contributed by atoms with Gasteiger partial charge in [-0.05, 0) is 6.07 Å². The smallest absolute Gasteiger partial charge is 0.232 e. The van der Waals surface area contributed by atoms with Crippen molar-refractivity contribution in [3.63, 3.8) is 0 Å². The third-order valence-corrected chi connectivity index (χ3v) is 2.25. The first-order valence-electron chi connectivity index (χ1n) is 4.08. The highest BCUT2D eigenvalue weighted by molar-refractivity contribution is 14.1. The van der Waals surface area contributed by atoms with Crippen molar-refractivity contribution in [1.29, 1.82) is 0 Å². The normalized spacial score (nSPS) is 10.6. The van der Waals surface area contributed by atoms with Gasteiger partial charge in [0.15, 0.2) is 11.6 Å². The van der Waals surface area contributed by atoms with Crippen molar-refractivity contribution >= 4 is 22.6 Å². The van der Waals surface area contributed by atoms with Crippen molar-refractivity contribution in [1.82, 2.24) is 10.1 Å². The minimum atomic E-state index is -0.873. The van der Waals surface area contributed by atoms with Gasteiger partial charge in [-0.3, -0.25) is 0 Å². The first kappa shape index (κ1) is 10.5. The third-order valence-electron chi connectivity index (χ3n) is 1.82. The number of benzene rings is 1. The van der Waals surface area contributed by atoms with Crippen LogP contribution in [-0.4, -0.2) is 10.1 Å². The van der Waals surface area contributed by atoms with Crippen LogP contribution in [0, 0.1) is 15.5 Å². The summed E-state index contributed by atoms with van der Waals surface area (Å²) in [4.78, 5) is 3.90. The maximum Gasteiger partial charge on any atom is 0.232 e. The minimum absolute atomic E-state index is 0.0968. The van der Waals surface area contributed by atoms with Crippen molar-refractivity contribution in [2.45, 2.75) is 6.42 Å². The molecule has 2 rings (SSSR count). The van der Waals surface area contributed by atoms with Gasteiger partial charge in [-0.1, -0.05) is 17.3 Å². The van der Waals surface area contributed by atoms with Crippen LogP contribution in [0.1, 0.15) is 11.5 Å². The van der Waals surface area contributed by atoms with Gasteiger partial charge in [0.2, 0.25) is 9.72 Å². The molecule has 0 aliphatic rings. The average Bonchev–Trinajstić information content (AvgIpc) is 2.59. The zero-order valence-electron chi connectivity index (χ0n) is 7.38. The first-order valence-corrected chi connectivity index (χ1v) is 5.15. The molecule has 0 radical (unpaired) electrons. The molecule has 0 saturated heterocycles. The van der Waals surface area contributed by atoms with Crippen LogP contribution in [-0.2, 0) is 6.42 Å². The highest BCUT2D eigenvalue weighted by atomic mass is 127. The van der Waals surface area contributed by atoms with Crippen molar-refractivity contribution in [3.05, 3.63) is 45.1 Å². The van der Waals surface area contributed by atoms with Gasteiger partial charge in [-0.25, -0.2) is 8.78 Å². The summed E-state index contributed by atoms with van der Waals surface area (Å²) in [5, 5.41) is 3.55. The molecule has 6 heteroatoms. The van der Waals surface area contributed by atoms with Gasteiger partial charge >= 0.3 is 0 Å². The summed E-state index contributed by atoms with van der Waals surface area (Å²) >= 11 is 1.87. The Morgan fingerprint density at radius 1 is 1.33 bits per heavy atom. The Labute approximate surface area is 97.6 Å². The van der Waals surface area contributed by atoms with Gasteiger partial charge in [0, 0.05) is 28.2 Å². The fraction of sp³-hybridized carbons (Fsp3) is 0.111. The standard InChI is InChI=1S/C9H5F2IN2O/c10-6-3-1-2-5(8(6)11)4-7-13-9(12)14-15-7/h1-3H,4H2. The Balaban J connectivity index is 2.28. The molecule has 0 spiro atoms. The Morgan fingerprint density at radius 3 is 2.80 bits per heavy atom. The van der Waals surface area contributed by atoms with Crippen LogP contribution in [0.25, 0.3) is 0 Å². The topological polar surface area (TPSA) is 38.9 Å². The summed E-state index contributed by atoms with van der Waals surface area (Å²) in [6, 6.07) is 3.99. The summed E-state index contributed by atoms with van der Waals surface area (Å²) in [6.07, 6.45) is 0.0968. The molecule has 1 aromatic carbocycles. The summed E-state index contributed by atoms with van der Waals surface area (Å²) in [7, 11) is 0. The zero-order chi connectivity index (χ0) is 10.8. The SMILES string of the molecule is Fc1cccc(Cc2nc(I)no2)c1F. The van der Waals surface area contributed by atoms with Gasteiger partial charge in [-0.2, -0.15) is 4.98 Å². The Kier molecular flexibility index (Phi) is 2.94. The molecule has 0 N–H and O–H groups in total. The largest absolute Gasteiger partial charge is 0.338 e. The van der Waals surface area contributed by atoms with E-state index in [-0.39, 0.29) is 17.9 Å². The second kappa shape index (κ2) is 4.21. The van der Waals surface area contributed by atoms with E-state index in [1.165, 1.54) is 12.1 Å². The van der Waals surface area contributed by atoms with Crippen LogP contribution in [0.3, 0.4) is 0 Å². The third kappa shape index (κ3) is 2.31. The van der Waals surface area contributed by atoms with E-state index in [9.17, 15) is 8.78 Å². The monoisotopic (exact) mass is 322 g/mol. The van der Waals surface area contributed by atoms with Gasteiger partial charge in [-0.15, -0.1) is 0 Å². The van der Waals surface area contributed by atoms with E-state index >= 15 is 0 Å². The quantitative estimate of drug-likeness (QED) is 0.798. The predicted octanol–water partition coefficient (Wildman–Crippen LogP) is 2.54. The lowest BCUT2D eigenvalue weighted by atomic mass is 10.1. The van der Waals surface area contributed by atoms with E-state index in [1.807, 2.05) is 22.6 Å². The van der Waals surface area contributed by atoms with E-state index < -0.39 is 11.6 Å². The zero-order valence-corrected chi connectivity index (χ0v) is 9.53. The van der Waals surface area contributed by atoms with E-state index in [4.69, 9.17) is 4.52 Å². The Morgan fingerprint density at radius 2 is 2.13 bits per heavy atom. The van der Waals surface area contributed by atoms with Crippen LogP contribution in [0.15, 0.2) is 22.7 Å². The molecular weight excluding hydrogens is 317 g/mol. The Hall–Kier alpha value is -1.05. The highest BCUT2D eigenvalue weighted by Crippen LogP contribution is 2.15. The van der Waals surface area contributed by atoms with Gasteiger partial charge < -0.3 is 4.52 Å². The van der Waals surface area contributed by atoms with E-state index in [0.29, 0.717) is 3.83 Å². The number of hydrogen-bond donors (Lipinski definition) is 0. The molecule has 0 fully saturated rings. The molecule has 0 atom stereocenters. The summed E-state index contributed by atoms with van der Waals surface area (Å²) in [5.74, 6) is -1.48. The molecule has 0 bridgehead atoms. The van der Waals surface area contributed by atoms with Crippen molar-refractivity contribution < 1.29 is 13.3 Å². The summed E-state index contributed by atoms with van der Waals surface area (Å²) < 4.78 is 31.3. The fourth-order valence-corrected chi connectivity index (χ4v) is 1.52. The molecule has 0 amide bonds. The molecule has 3 nitrogen and oxygen atoms in total. The van der Waals surface area contributed by atoms with E-state index in [2.05, 4.69) is 10.1 Å². The van der Waals surface area contributed by atoms with Crippen molar-refractivity contribution in [3.8, 4) is 0 Å². The molecule has 2 aromatic rings. The molecule has 78 valence electrons. The van der Waals surface area contributed by atoms with Crippen LogP contribution in [0.2, 0.25) is 0 Å². The summed E-state index contributed by atoms with van der Waals surface area (Å²) in [6.45, 7) is 0. The lowest BCUT2D eigenvalue weighted by Crippen LogP contribution is -1.95. The lowest BCUT2D eigenvalue weighted by Gasteiger charge is -1.99. The average molecular weight is 322 g/mol. The molecular formula is C9H5F2IN2O. The van der Waals surface area contributed by atoms with Crippen LogP contribution >= 0.6 is 22.6 Å².